The number of hydrogen-bond donors (Lipinski definition) is 1. The quantitative estimate of drug-likeness (QED) is 0.736. The average molecular weight is 249 g/mol. The highest BCUT2D eigenvalue weighted by molar-refractivity contribution is 7.89. The van der Waals surface area contributed by atoms with E-state index >= 15 is 0 Å². The van der Waals surface area contributed by atoms with E-state index in [1.54, 1.807) is 6.92 Å². The highest BCUT2D eigenvalue weighted by atomic mass is 32.2. The van der Waals surface area contributed by atoms with Gasteiger partial charge in [0.25, 0.3) is 0 Å². The van der Waals surface area contributed by atoms with E-state index < -0.39 is 15.6 Å². The smallest absolute Gasteiger partial charge is 0.214 e. The van der Waals surface area contributed by atoms with E-state index in [2.05, 4.69) is 0 Å². The largest absolute Gasteiger partial charge is 0.386 e. The molecule has 3 unspecified atom stereocenters. The lowest BCUT2D eigenvalue weighted by Gasteiger charge is -2.30. The number of β-amino-alcohol motifs (C(OH)–C–C–N with tert-alkyl or cyclic N) is 1. The maximum atomic E-state index is 11.8. The number of aliphatic hydroxyl groups is 1. The van der Waals surface area contributed by atoms with Crippen LogP contribution in [-0.4, -0.2) is 55.0 Å². The van der Waals surface area contributed by atoms with Crippen LogP contribution in [0.2, 0.25) is 0 Å². The monoisotopic (exact) mass is 249 g/mol. The summed E-state index contributed by atoms with van der Waals surface area (Å²) < 4.78 is 30.3. The van der Waals surface area contributed by atoms with E-state index in [0.29, 0.717) is 19.6 Å². The second-order valence-corrected chi connectivity index (χ2v) is 7.06. The summed E-state index contributed by atoms with van der Waals surface area (Å²) in [4.78, 5) is 0. The van der Waals surface area contributed by atoms with Gasteiger partial charge < -0.3 is 9.84 Å². The third kappa shape index (κ3) is 2.11. The molecule has 2 saturated heterocycles. The first-order valence-electron chi connectivity index (χ1n) is 5.65. The summed E-state index contributed by atoms with van der Waals surface area (Å²) in [7, 11) is -3.17. The molecule has 94 valence electrons. The summed E-state index contributed by atoms with van der Waals surface area (Å²) in [6.07, 6.45) is 0.216. The third-order valence-corrected chi connectivity index (χ3v) is 5.57. The minimum Gasteiger partial charge on any atom is -0.386 e. The van der Waals surface area contributed by atoms with Crippen molar-refractivity contribution in [1.82, 2.24) is 4.31 Å². The van der Waals surface area contributed by atoms with Gasteiger partial charge in [0, 0.05) is 26.1 Å². The highest BCUT2D eigenvalue weighted by Gasteiger charge is 2.45. The standard InChI is InChI=1S/C10H19NO4S/c1-8-5-11(16(13,14)6-8)7-10(12)3-4-15-9(10)2/h8-9,12H,3-7H2,1-2H3. The summed E-state index contributed by atoms with van der Waals surface area (Å²) in [6, 6.07) is 0. The van der Waals surface area contributed by atoms with Crippen molar-refractivity contribution < 1.29 is 18.3 Å². The normalized spacial score (nSPS) is 43.9. The van der Waals surface area contributed by atoms with Crippen molar-refractivity contribution in [3.63, 3.8) is 0 Å². The van der Waals surface area contributed by atoms with Crippen molar-refractivity contribution in [2.75, 3.05) is 25.4 Å². The third-order valence-electron chi connectivity index (χ3n) is 3.51. The van der Waals surface area contributed by atoms with E-state index in [4.69, 9.17) is 4.74 Å². The van der Waals surface area contributed by atoms with E-state index in [1.165, 1.54) is 4.31 Å². The fourth-order valence-corrected chi connectivity index (χ4v) is 4.36. The molecule has 2 rings (SSSR count). The zero-order chi connectivity index (χ0) is 12.0. The number of nitrogens with zero attached hydrogens (tertiary/aromatic N) is 1. The van der Waals surface area contributed by atoms with E-state index in [9.17, 15) is 13.5 Å². The molecule has 0 amide bonds. The molecule has 6 heteroatoms. The molecule has 0 aromatic carbocycles. The van der Waals surface area contributed by atoms with Gasteiger partial charge in [-0.15, -0.1) is 0 Å². The van der Waals surface area contributed by atoms with Crippen LogP contribution in [0.25, 0.3) is 0 Å². The molecule has 0 spiro atoms. The number of rotatable bonds is 2. The van der Waals surface area contributed by atoms with Gasteiger partial charge in [0.05, 0.1) is 11.9 Å². The molecule has 0 saturated carbocycles. The van der Waals surface area contributed by atoms with Crippen LogP contribution >= 0.6 is 0 Å². The van der Waals surface area contributed by atoms with Gasteiger partial charge in [0.2, 0.25) is 10.0 Å². The SMILES string of the molecule is CC1CN(CC2(O)CCOC2C)S(=O)(=O)C1. The fraction of sp³-hybridized carbons (Fsp3) is 1.00. The van der Waals surface area contributed by atoms with Crippen LogP contribution in [0.1, 0.15) is 20.3 Å². The Labute approximate surface area is 96.4 Å². The molecular formula is C10H19NO4S. The molecule has 5 nitrogen and oxygen atoms in total. The molecule has 2 heterocycles. The minimum absolute atomic E-state index is 0.145. The van der Waals surface area contributed by atoms with Gasteiger partial charge in [-0.25, -0.2) is 8.42 Å². The summed E-state index contributed by atoms with van der Waals surface area (Å²) in [6.45, 7) is 4.88. The Morgan fingerprint density at radius 3 is 2.62 bits per heavy atom. The van der Waals surface area contributed by atoms with Crippen LogP contribution in [0.15, 0.2) is 0 Å². The molecule has 0 bridgehead atoms. The predicted octanol–water partition coefficient (Wildman–Crippen LogP) is -0.192. The van der Waals surface area contributed by atoms with Crippen LogP contribution in [0, 0.1) is 5.92 Å². The van der Waals surface area contributed by atoms with Crippen LogP contribution in [0.3, 0.4) is 0 Å². The van der Waals surface area contributed by atoms with Crippen molar-refractivity contribution in [3.05, 3.63) is 0 Å². The summed E-state index contributed by atoms with van der Waals surface area (Å²) in [5.74, 6) is 0.337. The molecule has 0 radical (unpaired) electrons. The first-order valence-corrected chi connectivity index (χ1v) is 7.26. The second kappa shape index (κ2) is 3.94. The van der Waals surface area contributed by atoms with Gasteiger partial charge >= 0.3 is 0 Å². The highest BCUT2D eigenvalue weighted by Crippen LogP contribution is 2.30. The summed E-state index contributed by atoms with van der Waals surface area (Å²) >= 11 is 0. The predicted molar refractivity (Wildman–Crippen MR) is 59.5 cm³/mol. The van der Waals surface area contributed by atoms with Crippen molar-refractivity contribution >= 4 is 10.0 Å². The molecule has 1 N–H and O–H groups in total. The lowest BCUT2D eigenvalue weighted by molar-refractivity contribution is -0.0370. The van der Waals surface area contributed by atoms with Crippen LogP contribution in [-0.2, 0) is 14.8 Å². The number of sulfonamides is 1. The summed E-state index contributed by atoms with van der Waals surface area (Å²) in [5, 5.41) is 10.3. The van der Waals surface area contributed by atoms with Gasteiger partial charge in [-0.3, -0.25) is 0 Å². The zero-order valence-corrected chi connectivity index (χ0v) is 10.5. The fourth-order valence-electron chi connectivity index (χ4n) is 2.43. The molecule has 3 atom stereocenters. The Morgan fingerprint density at radius 1 is 1.50 bits per heavy atom. The molecule has 0 aromatic heterocycles. The van der Waals surface area contributed by atoms with Crippen molar-refractivity contribution in [2.24, 2.45) is 5.92 Å². The Balaban J connectivity index is 2.10. The van der Waals surface area contributed by atoms with Crippen molar-refractivity contribution in [1.29, 1.82) is 0 Å². The van der Waals surface area contributed by atoms with Gasteiger partial charge in [0.1, 0.15) is 5.60 Å². The topological polar surface area (TPSA) is 66.8 Å². The minimum atomic E-state index is -3.17. The maximum Gasteiger partial charge on any atom is 0.214 e. The second-order valence-electron chi connectivity index (χ2n) is 5.04. The maximum absolute atomic E-state index is 11.8. The Bertz CT molecular complexity index is 369. The molecule has 2 fully saturated rings. The molecular weight excluding hydrogens is 230 g/mol. The molecule has 2 aliphatic heterocycles. The lowest BCUT2D eigenvalue weighted by Crippen LogP contribution is -2.48. The first-order chi connectivity index (χ1) is 7.33. The van der Waals surface area contributed by atoms with E-state index in [-0.39, 0.29) is 24.3 Å². The zero-order valence-electron chi connectivity index (χ0n) is 9.72. The Morgan fingerprint density at radius 2 is 2.19 bits per heavy atom. The molecule has 0 aromatic rings. The van der Waals surface area contributed by atoms with Crippen molar-refractivity contribution in [3.8, 4) is 0 Å². The lowest BCUT2D eigenvalue weighted by atomic mass is 9.96. The van der Waals surface area contributed by atoms with Gasteiger partial charge in [-0.1, -0.05) is 6.92 Å². The average Bonchev–Trinajstić information content (AvgIpc) is 2.56. The van der Waals surface area contributed by atoms with E-state index in [1.807, 2.05) is 6.92 Å². The van der Waals surface area contributed by atoms with Crippen LogP contribution in [0.5, 0.6) is 0 Å². The van der Waals surface area contributed by atoms with Crippen LogP contribution in [0.4, 0.5) is 0 Å². The van der Waals surface area contributed by atoms with E-state index in [0.717, 1.165) is 0 Å². The molecule has 2 aliphatic rings. The molecule has 16 heavy (non-hydrogen) atoms. The molecule has 0 aliphatic carbocycles. The van der Waals surface area contributed by atoms with Gasteiger partial charge in [-0.05, 0) is 12.8 Å². The van der Waals surface area contributed by atoms with Gasteiger partial charge in [-0.2, -0.15) is 4.31 Å². The Hall–Kier alpha value is -0.170. The van der Waals surface area contributed by atoms with Gasteiger partial charge in [0.15, 0.2) is 0 Å². The summed E-state index contributed by atoms with van der Waals surface area (Å²) in [5.41, 5.74) is -1.02. The Kier molecular flexibility index (Phi) is 3.03. The van der Waals surface area contributed by atoms with Crippen LogP contribution < -0.4 is 0 Å². The number of ether oxygens (including phenoxy) is 1. The first kappa shape index (κ1) is 12.3. The van der Waals surface area contributed by atoms with Crippen molar-refractivity contribution in [2.45, 2.75) is 32.0 Å². The number of hydrogen-bond acceptors (Lipinski definition) is 4.